The fourth-order valence-corrected chi connectivity index (χ4v) is 2.04. The third-order valence-corrected chi connectivity index (χ3v) is 3.15. The lowest BCUT2D eigenvalue weighted by Crippen LogP contribution is -2.36. The fraction of sp³-hybridized carbons (Fsp3) is 1.00. The molecule has 2 N–H and O–H groups in total. The van der Waals surface area contributed by atoms with E-state index in [9.17, 15) is 0 Å². The van der Waals surface area contributed by atoms with Crippen molar-refractivity contribution in [3.63, 3.8) is 0 Å². The molecule has 0 radical (unpaired) electrons. The van der Waals surface area contributed by atoms with Crippen molar-refractivity contribution in [3.05, 3.63) is 0 Å². The van der Waals surface area contributed by atoms with Crippen LogP contribution in [-0.4, -0.2) is 5.54 Å². The van der Waals surface area contributed by atoms with Crippen molar-refractivity contribution >= 4 is 0 Å². The molecule has 0 bridgehead atoms. The van der Waals surface area contributed by atoms with E-state index in [0.29, 0.717) is 0 Å². The fourth-order valence-electron chi connectivity index (χ4n) is 2.04. The third kappa shape index (κ3) is 3.57. The summed E-state index contributed by atoms with van der Waals surface area (Å²) in [6.07, 6.45) is 9.31. The van der Waals surface area contributed by atoms with Crippen molar-refractivity contribution in [2.75, 3.05) is 0 Å². The zero-order valence-electron chi connectivity index (χ0n) is 8.60. The maximum absolute atomic E-state index is 6.18. The van der Waals surface area contributed by atoms with Crippen LogP contribution in [0.1, 0.15) is 58.8 Å². The van der Waals surface area contributed by atoms with Gasteiger partial charge in [-0.3, -0.25) is 0 Å². The zero-order chi connectivity index (χ0) is 9.03. The van der Waals surface area contributed by atoms with E-state index in [0.717, 1.165) is 5.92 Å². The largest absolute Gasteiger partial charge is 0.325 e. The van der Waals surface area contributed by atoms with Crippen molar-refractivity contribution in [1.29, 1.82) is 0 Å². The van der Waals surface area contributed by atoms with E-state index in [1.807, 2.05) is 0 Å². The summed E-state index contributed by atoms with van der Waals surface area (Å²) in [7, 11) is 0. The number of hydrogen-bond acceptors (Lipinski definition) is 1. The lowest BCUT2D eigenvalue weighted by atomic mass is 9.89. The first-order valence-corrected chi connectivity index (χ1v) is 5.39. The molecule has 1 aliphatic rings. The van der Waals surface area contributed by atoms with Gasteiger partial charge in [0.05, 0.1) is 0 Å². The maximum atomic E-state index is 6.18. The lowest BCUT2D eigenvalue weighted by Gasteiger charge is -2.24. The van der Waals surface area contributed by atoms with Crippen molar-refractivity contribution in [3.8, 4) is 0 Å². The highest BCUT2D eigenvalue weighted by atomic mass is 14.7. The first-order chi connectivity index (χ1) is 5.60. The summed E-state index contributed by atoms with van der Waals surface area (Å²) >= 11 is 0. The molecule has 0 aliphatic heterocycles. The van der Waals surface area contributed by atoms with Gasteiger partial charge in [0.15, 0.2) is 0 Å². The predicted molar refractivity (Wildman–Crippen MR) is 54.1 cm³/mol. The molecule has 0 spiro atoms. The number of rotatable bonds is 0. The lowest BCUT2D eigenvalue weighted by molar-refractivity contribution is 0.358. The molecule has 1 heteroatoms. The first-order valence-electron chi connectivity index (χ1n) is 5.39. The van der Waals surface area contributed by atoms with Gasteiger partial charge in [-0.1, -0.05) is 32.6 Å². The Morgan fingerprint density at radius 2 is 1.83 bits per heavy atom. The summed E-state index contributed by atoms with van der Waals surface area (Å²) in [6, 6.07) is 0. The molecule has 1 saturated carbocycles. The Kier molecular flexibility index (Phi) is 3.57. The second kappa shape index (κ2) is 4.27. The molecule has 1 fully saturated rings. The molecule has 12 heavy (non-hydrogen) atoms. The minimum absolute atomic E-state index is 0.124. The Morgan fingerprint density at radius 1 is 1.08 bits per heavy atom. The van der Waals surface area contributed by atoms with E-state index in [-0.39, 0.29) is 5.54 Å². The zero-order valence-corrected chi connectivity index (χ0v) is 8.60. The highest BCUT2D eigenvalue weighted by molar-refractivity contribution is 4.80. The highest BCUT2D eigenvalue weighted by Gasteiger charge is 2.20. The molecule has 0 heterocycles. The molecule has 1 aliphatic carbocycles. The van der Waals surface area contributed by atoms with E-state index in [4.69, 9.17) is 5.73 Å². The molecule has 0 aromatic heterocycles. The van der Waals surface area contributed by atoms with E-state index in [1.165, 1.54) is 44.9 Å². The minimum atomic E-state index is 0.124. The van der Waals surface area contributed by atoms with Crippen LogP contribution >= 0.6 is 0 Å². The van der Waals surface area contributed by atoms with Gasteiger partial charge in [-0.05, 0) is 32.1 Å². The first kappa shape index (κ1) is 10.0. The molecule has 0 amide bonds. The Hall–Kier alpha value is -0.0400. The number of hydrogen-bond donors (Lipinski definition) is 1. The van der Waals surface area contributed by atoms with Crippen LogP contribution < -0.4 is 5.73 Å². The van der Waals surface area contributed by atoms with Crippen molar-refractivity contribution in [2.45, 2.75) is 64.3 Å². The topological polar surface area (TPSA) is 26.0 Å². The van der Waals surface area contributed by atoms with Gasteiger partial charge >= 0.3 is 0 Å². The van der Waals surface area contributed by atoms with Crippen LogP contribution in [0, 0.1) is 5.92 Å². The summed E-state index contributed by atoms with van der Waals surface area (Å²) in [5, 5.41) is 0. The van der Waals surface area contributed by atoms with E-state index < -0.39 is 0 Å². The molecule has 0 saturated heterocycles. The van der Waals surface area contributed by atoms with Crippen LogP contribution in [0.3, 0.4) is 0 Å². The SMILES string of the molecule is CC1CCCCCC(C)(N)CC1. The molecule has 1 nitrogen and oxygen atoms in total. The van der Waals surface area contributed by atoms with Crippen molar-refractivity contribution in [1.82, 2.24) is 0 Å². The summed E-state index contributed by atoms with van der Waals surface area (Å²) < 4.78 is 0. The Labute approximate surface area is 76.7 Å². The van der Waals surface area contributed by atoms with Crippen LogP contribution in [0.15, 0.2) is 0 Å². The van der Waals surface area contributed by atoms with E-state index in [2.05, 4.69) is 13.8 Å². The van der Waals surface area contributed by atoms with Crippen LogP contribution in [0.5, 0.6) is 0 Å². The predicted octanol–water partition coefficient (Wildman–Crippen LogP) is 3.08. The second-order valence-corrected chi connectivity index (χ2v) is 4.90. The van der Waals surface area contributed by atoms with Crippen molar-refractivity contribution < 1.29 is 0 Å². The molecule has 72 valence electrons. The molecule has 2 atom stereocenters. The van der Waals surface area contributed by atoms with Gasteiger partial charge in [0.25, 0.3) is 0 Å². The van der Waals surface area contributed by atoms with Gasteiger partial charge in [0, 0.05) is 5.54 Å². The van der Waals surface area contributed by atoms with Crippen LogP contribution in [0.25, 0.3) is 0 Å². The van der Waals surface area contributed by atoms with Gasteiger partial charge in [0.2, 0.25) is 0 Å². The maximum Gasteiger partial charge on any atom is 0.0126 e. The van der Waals surface area contributed by atoms with Crippen LogP contribution in [0.2, 0.25) is 0 Å². The summed E-state index contributed by atoms with van der Waals surface area (Å²) in [4.78, 5) is 0. The second-order valence-electron chi connectivity index (χ2n) is 4.90. The summed E-state index contributed by atoms with van der Waals surface area (Å²) in [6.45, 7) is 4.58. The van der Waals surface area contributed by atoms with E-state index in [1.54, 1.807) is 0 Å². The van der Waals surface area contributed by atoms with Gasteiger partial charge in [-0.25, -0.2) is 0 Å². The molecule has 2 unspecified atom stereocenters. The molecule has 0 aromatic rings. The summed E-state index contributed by atoms with van der Waals surface area (Å²) in [5.74, 6) is 0.894. The summed E-state index contributed by atoms with van der Waals surface area (Å²) in [5.41, 5.74) is 6.30. The van der Waals surface area contributed by atoms with Gasteiger partial charge in [0.1, 0.15) is 0 Å². The standard InChI is InChI=1S/C11H23N/c1-10-6-4-3-5-8-11(2,12)9-7-10/h10H,3-9,12H2,1-2H3. The third-order valence-electron chi connectivity index (χ3n) is 3.15. The molecule has 1 rings (SSSR count). The average Bonchev–Trinajstić information content (AvgIpc) is 2.05. The van der Waals surface area contributed by atoms with E-state index >= 15 is 0 Å². The molecule has 0 aromatic carbocycles. The van der Waals surface area contributed by atoms with Crippen LogP contribution in [-0.2, 0) is 0 Å². The van der Waals surface area contributed by atoms with Crippen LogP contribution in [0.4, 0.5) is 0 Å². The van der Waals surface area contributed by atoms with Gasteiger partial charge in [-0.15, -0.1) is 0 Å². The Morgan fingerprint density at radius 3 is 2.58 bits per heavy atom. The highest BCUT2D eigenvalue weighted by Crippen LogP contribution is 2.25. The average molecular weight is 169 g/mol. The van der Waals surface area contributed by atoms with Crippen molar-refractivity contribution in [2.24, 2.45) is 11.7 Å². The smallest absolute Gasteiger partial charge is 0.0126 e. The van der Waals surface area contributed by atoms with Gasteiger partial charge < -0.3 is 5.73 Å². The van der Waals surface area contributed by atoms with Gasteiger partial charge in [-0.2, -0.15) is 0 Å². The normalized spacial score (nSPS) is 39.8. The minimum Gasteiger partial charge on any atom is -0.325 e. The Balaban J connectivity index is 2.40. The monoisotopic (exact) mass is 169 g/mol. The molecular formula is C11H23N. The quantitative estimate of drug-likeness (QED) is 0.592. The molecular weight excluding hydrogens is 146 g/mol. The Bertz CT molecular complexity index is 129. The number of nitrogens with two attached hydrogens (primary N) is 1.